The summed E-state index contributed by atoms with van der Waals surface area (Å²) < 4.78 is 33.0. The third-order valence-electron chi connectivity index (χ3n) is 5.75. The second kappa shape index (κ2) is 9.84. The lowest BCUT2D eigenvalue weighted by molar-refractivity contribution is -0.121. The van der Waals surface area contributed by atoms with Gasteiger partial charge in [0, 0.05) is 35.8 Å². The van der Waals surface area contributed by atoms with Gasteiger partial charge in [-0.15, -0.1) is 11.8 Å². The predicted octanol–water partition coefficient (Wildman–Crippen LogP) is 2.79. The summed E-state index contributed by atoms with van der Waals surface area (Å²) in [5.74, 6) is 0.0232. The Morgan fingerprint density at radius 1 is 1.12 bits per heavy atom. The van der Waals surface area contributed by atoms with E-state index in [1.54, 1.807) is 12.1 Å². The van der Waals surface area contributed by atoms with Gasteiger partial charge in [-0.1, -0.05) is 18.2 Å². The first-order valence-corrected chi connectivity index (χ1v) is 13.2. The normalized spacial score (nSPS) is 17.4. The van der Waals surface area contributed by atoms with Gasteiger partial charge in [-0.25, -0.2) is 8.42 Å². The van der Waals surface area contributed by atoms with Crippen molar-refractivity contribution in [3.63, 3.8) is 0 Å². The van der Waals surface area contributed by atoms with Gasteiger partial charge in [0.05, 0.1) is 23.8 Å². The maximum atomic E-state index is 13.2. The molecule has 2 amide bonds. The molecule has 0 bridgehead atoms. The molecule has 1 fully saturated rings. The van der Waals surface area contributed by atoms with Crippen molar-refractivity contribution in [1.82, 2.24) is 4.31 Å². The molecule has 0 aromatic heterocycles. The molecule has 2 aromatic rings. The van der Waals surface area contributed by atoms with Crippen LogP contribution in [0.5, 0.6) is 0 Å². The summed E-state index contributed by atoms with van der Waals surface area (Å²) in [4.78, 5) is 28.1. The summed E-state index contributed by atoms with van der Waals surface area (Å²) in [5, 5.41) is 2.91. The molecule has 0 unspecified atom stereocenters. The highest BCUT2D eigenvalue weighted by molar-refractivity contribution is 7.99. The first kappa shape index (κ1) is 23.7. The van der Waals surface area contributed by atoms with Crippen LogP contribution < -0.4 is 10.2 Å². The maximum Gasteiger partial charge on any atom is 0.244 e. The van der Waals surface area contributed by atoms with Gasteiger partial charge in [-0.2, -0.15) is 4.31 Å². The summed E-state index contributed by atoms with van der Waals surface area (Å²) in [5.41, 5.74) is 3.04. The van der Waals surface area contributed by atoms with Gasteiger partial charge in [0.15, 0.2) is 0 Å². The molecule has 2 aliphatic heterocycles. The zero-order valence-electron chi connectivity index (χ0n) is 18.7. The molecule has 0 radical (unpaired) electrons. The molecular weight excluding hydrogens is 462 g/mol. The summed E-state index contributed by atoms with van der Waals surface area (Å²) in [6.45, 7) is 4.90. The fourth-order valence-corrected chi connectivity index (χ4v) is 6.36. The number of nitrogens with zero attached hydrogens (tertiary/aromatic N) is 2. The van der Waals surface area contributed by atoms with Gasteiger partial charge in [0.2, 0.25) is 21.8 Å². The number of carbonyl (C=O) groups excluding carboxylic acids is 2. The smallest absolute Gasteiger partial charge is 0.244 e. The molecule has 1 N–H and O–H groups in total. The van der Waals surface area contributed by atoms with Crippen molar-refractivity contribution in [2.75, 3.05) is 48.8 Å². The van der Waals surface area contributed by atoms with Gasteiger partial charge in [0.1, 0.15) is 6.54 Å². The number of hydrogen-bond donors (Lipinski definition) is 1. The third-order valence-corrected chi connectivity index (χ3v) is 8.71. The van der Waals surface area contributed by atoms with Crippen molar-refractivity contribution < 1.29 is 22.7 Å². The lowest BCUT2D eigenvalue weighted by Gasteiger charge is -2.27. The lowest BCUT2D eigenvalue weighted by Crippen LogP contribution is -2.41. The van der Waals surface area contributed by atoms with E-state index in [1.165, 1.54) is 27.0 Å². The Labute approximate surface area is 198 Å². The number of morpholine rings is 1. The highest BCUT2D eigenvalue weighted by Crippen LogP contribution is 2.36. The zero-order valence-corrected chi connectivity index (χ0v) is 20.3. The molecule has 2 aliphatic rings. The number of fused-ring (bicyclic) bond motifs is 1. The Kier molecular flexibility index (Phi) is 7.08. The number of para-hydroxylation sites is 1. The Morgan fingerprint density at radius 3 is 2.52 bits per heavy atom. The molecule has 0 aliphatic carbocycles. The summed E-state index contributed by atoms with van der Waals surface area (Å²) in [7, 11) is -3.73. The van der Waals surface area contributed by atoms with Crippen molar-refractivity contribution in [3.05, 3.63) is 47.5 Å². The van der Waals surface area contributed by atoms with Crippen LogP contribution in [0, 0.1) is 13.8 Å². The molecule has 0 spiro atoms. The summed E-state index contributed by atoms with van der Waals surface area (Å²) in [6.07, 6.45) is 0.265. The topological polar surface area (TPSA) is 96.0 Å². The quantitative estimate of drug-likeness (QED) is 0.694. The van der Waals surface area contributed by atoms with Crippen LogP contribution in [-0.2, 0) is 24.3 Å². The Bertz CT molecular complexity index is 1160. The molecule has 10 heteroatoms. The molecule has 4 rings (SSSR count). The van der Waals surface area contributed by atoms with E-state index in [-0.39, 0.29) is 42.8 Å². The predicted molar refractivity (Wildman–Crippen MR) is 128 cm³/mol. The number of rotatable bonds is 5. The van der Waals surface area contributed by atoms with Crippen LogP contribution in [0.4, 0.5) is 11.4 Å². The second-order valence-electron chi connectivity index (χ2n) is 8.04. The third kappa shape index (κ3) is 5.08. The van der Waals surface area contributed by atoms with Crippen molar-refractivity contribution in [1.29, 1.82) is 0 Å². The number of hydrogen-bond acceptors (Lipinski definition) is 6. The van der Waals surface area contributed by atoms with Crippen molar-refractivity contribution in [2.24, 2.45) is 0 Å². The van der Waals surface area contributed by atoms with E-state index in [2.05, 4.69) is 5.32 Å². The van der Waals surface area contributed by atoms with E-state index in [0.29, 0.717) is 24.7 Å². The van der Waals surface area contributed by atoms with E-state index in [0.717, 1.165) is 21.7 Å². The average Bonchev–Trinajstić information content (AvgIpc) is 2.95. The number of aryl methyl sites for hydroxylation is 2. The van der Waals surface area contributed by atoms with Gasteiger partial charge in [-0.3, -0.25) is 9.59 Å². The lowest BCUT2D eigenvalue weighted by atomic mass is 10.1. The van der Waals surface area contributed by atoms with Crippen molar-refractivity contribution in [2.45, 2.75) is 30.1 Å². The minimum atomic E-state index is -3.73. The molecule has 0 saturated carbocycles. The molecule has 8 nitrogen and oxygen atoms in total. The van der Waals surface area contributed by atoms with E-state index < -0.39 is 10.0 Å². The number of amides is 2. The number of benzene rings is 2. The number of sulfonamides is 1. The van der Waals surface area contributed by atoms with Crippen molar-refractivity contribution >= 4 is 45.0 Å². The van der Waals surface area contributed by atoms with Gasteiger partial charge < -0.3 is 15.0 Å². The summed E-state index contributed by atoms with van der Waals surface area (Å²) >= 11 is 1.49. The van der Waals surface area contributed by atoms with Crippen LogP contribution in [-0.4, -0.2) is 63.1 Å². The monoisotopic (exact) mass is 489 g/mol. The fraction of sp³-hybridized carbons (Fsp3) is 0.391. The molecular formula is C23H27N3O5S2. The first-order valence-electron chi connectivity index (χ1n) is 10.8. The van der Waals surface area contributed by atoms with E-state index >= 15 is 0 Å². The van der Waals surface area contributed by atoms with Crippen LogP contribution in [0.2, 0.25) is 0 Å². The van der Waals surface area contributed by atoms with Gasteiger partial charge in [-0.05, 0) is 43.2 Å². The average molecular weight is 490 g/mol. The standard InChI is InChI=1S/C23H27N3O5S2/c1-16-4-3-5-17(2)23(16)24-21(27)15-26-19-14-18(6-7-20(19)32-13-8-22(26)28)33(29,30)25-9-11-31-12-10-25/h3-7,14H,8-13,15H2,1-2H3,(H,24,27). The molecule has 176 valence electrons. The maximum absolute atomic E-state index is 13.2. The summed E-state index contributed by atoms with van der Waals surface area (Å²) in [6, 6.07) is 10.6. The Morgan fingerprint density at radius 2 is 1.82 bits per heavy atom. The van der Waals surface area contributed by atoms with Crippen LogP contribution in [0.1, 0.15) is 17.5 Å². The van der Waals surface area contributed by atoms with Crippen molar-refractivity contribution in [3.8, 4) is 0 Å². The fourth-order valence-electron chi connectivity index (χ4n) is 3.95. The highest BCUT2D eigenvalue weighted by atomic mass is 32.2. The first-order chi connectivity index (χ1) is 15.8. The van der Waals surface area contributed by atoms with Crippen LogP contribution in [0.25, 0.3) is 0 Å². The Balaban J connectivity index is 1.63. The molecule has 2 aromatic carbocycles. The van der Waals surface area contributed by atoms with E-state index in [1.807, 2.05) is 32.0 Å². The second-order valence-corrected chi connectivity index (χ2v) is 11.1. The Hall–Kier alpha value is -2.40. The molecule has 2 heterocycles. The minimum Gasteiger partial charge on any atom is -0.379 e. The van der Waals surface area contributed by atoms with Crippen LogP contribution >= 0.6 is 11.8 Å². The number of thioether (sulfide) groups is 1. The largest absolute Gasteiger partial charge is 0.379 e. The van der Waals surface area contributed by atoms with E-state index in [4.69, 9.17) is 4.74 Å². The van der Waals surface area contributed by atoms with Crippen LogP contribution in [0.15, 0.2) is 46.2 Å². The van der Waals surface area contributed by atoms with E-state index in [9.17, 15) is 18.0 Å². The highest BCUT2D eigenvalue weighted by Gasteiger charge is 2.30. The van der Waals surface area contributed by atoms with Gasteiger partial charge >= 0.3 is 0 Å². The zero-order chi connectivity index (χ0) is 23.6. The van der Waals surface area contributed by atoms with Crippen LogP contribution in [0.3, 0.4) is 0 Å². The number of anilines is 2. The molecule has 0 atom stereocenters. The molecule has 1 saturated heterocycles. The number of nitrogens with one attached hydrogen (secondary N) is 1. The SMILES string of the molecule is Cc1cccc(C)c1NC(=O)CN1C(=O)CCSc2ccc(S(=O)(=O)N3CCOCC3)cc21. The number of carbonyl (C=O) groups is 2. The minimum absolute atomic E-state index is 0.110. The molecule has 33 heavy (non-hydrogen) atoms. The number of ether oxygens (including phenoxy) is 1. The van der Waals surface area contributed by atoms with Gasteiger partial charge in [0.25, 0.3) is 0 Å².